The molecule has 0 aliphatic carbocycles. The van der Waals surface area contributed by atoms with Crippen molar-refractivity contribution in [3.63, 3.8) is 0 Å². The molecule has 0 radical (unpaired) electrons. The first-order valence-electron chi connectivity index (χ1n) is 8.94. The van der Waals surface area contributed by atoms with E-state index in [1.807, 2.05) is 6.20 Å². The number of carbonyl (C=O) groups is 1. The van der Waals surface area contributed by atoms with Crippen LogP contribution >= 0.6 is 0 Å². The number of methoxy groups -OCH3 is 1. The minimum absolute atomic E-state index is 0.144. The van der Waals surface area contributed by atoms with Gasteiger partial charge in [0.2, 0.25) is 0 Å². The van der Waals surface area contributed by atoms with E-state index in [1.54, 1.807) is 42.0 Å². The Morgan fingerprint density at radius 1 is 1.15 bits per heavy atom. The minimum Gasteiger partial charge on any atom is -0.497 e. The molecule has 1 aliphatic rings. The molecule has 1 aromatic heterocycles. The quantitative estimate of drug-likeness (QED) is 0.699. The average molecular weight is 364 g/mol. The van der Waals surface area contributed by atoms with Crippen LogP contribution in [0.25, 0.3) is 16.5 Å². The van der Waals surface area contributed by atoms with Crippen molar-refractivity contribution in [2.45, 2.75) is 6.42 Å². The molecular formula is C22H21FN2O2. The molecule has 0 spiro atoms. The second-order valence-electron chi connectivity index (χ2n) is 6.85. The summed E-state index contributed by atoms with van der Waals surface area (Å²) < 4.78 is 20.7. The molecule has 3 aromatic rings. The SMILES string of the molecule is COc1ccc(C(=O)n2cc(C3=CCN(C)CC3)c3cc(F)ccc32)cc1. The van der Waals surface area contributed by atoms with Gasteiger partial charge >= 0.3 is 0 Å². The maximum atomic E-state index is 13.9. The van der Waals surface area contributed by atoms with Gasteiger partial charge in [-0.1, -0.05) is 6.08 Å². The Bertz CT molecular complexity index is 1030. The van der Waals surface area contributed by atoms with E-state index in [0.717, 1.165) is 36.0 Å². The number of fused-ring (bicyclic) bond motifs is 1. The molecule has 2 aromatic carbocycles. The van der Waals surface area contributed by atoms with Crippen molar-refractivity contribution in [2.75, 3.05) is 27.2 Å². The summed E-state index contributed by atoms with van der Waals surface area (Å²) in [6, 6.07) is 11.6. The van der Waals surface area contributed by atoms with Gasteiger partial charge in [-0.3, -0.25) is 9.36 Å². The van der Waals surface area contributed by atoms with E-state index in [9.17, 15) is 9.18 Å². The van der Waals surface area contributed by atoms with Crippen LogP contribution in [0.2, 0.25) is 0 Å². The summed E-state index contributed by atoms with van der Waals surface area (Å²) in [6.07, 6.45) is 4.88. The van der Waals surface area contributed by atoms with E-state index in [2.05, 4.69) is 18.0 Å². The number of likely N-dealkylation sites (N-methyl/N-ethyl adjacent to an activating group) is 1. The van der Waals surface area contributed by atoms with E-state index >= 15 is 0 Å². The monoisotopic (exact) mass is 364 g/mol. The molecule has 0 atom stereocenters. The zero-order valence-corrected chi connectivity index (χ0v) is 15.4. The zero-order chi connectivity index (χ0) is 19.0. The Labute approximate surface area is 157 Å². The molecule has 4 nitrogen and oxygen atoms in total. The first kappa shape index (κ1) is 17.5. The molecule has 1 aliphatic heterocycles. The van der Waals surface area contributed by atoms with Gasteiger partial charge in [0.15, 0.2) is 0 Å². The normalized spacial score (nSPS) is 15.0. The number of ether oxygens (including phenoxy) is 1. The van der Waals surface area contributed by atoms with E-state index < -0.39 is 0 Å². The lowest BCUT2D eigenvalue weighted by molar-refractivity contribution is 0.0965. The average Bonchev–Trinajstić information content (AvgIpc) is 3.06. The Balaban J connectivity index is 1.82. The molecule has 2 heterocycles. The van der Waals surface area contributed by atoms with Crippen LogP contribution in [0.5, 0.6) is 5.75 Å². The van der Waals surface area contributed by atoms with E-state index in [1.165, 1.54) is 12.1 Å². The maximum Gasteiger partial charge on any atom is 0.262 e. The molecule has 0 amide bonds. The first-order valence-corrected chi connectivity index (χ1v) is 8.94. The van der Waals surface area contributed by atoms with Crippen LogP contribution in [-0.2, 0) is 0 Å². The van der Waals surface area contributed by atoms with Crippen molar-refractivity contribution in [3.05, 3.63) is 71.7 Å². The van der Waals surface area contributed by atoms with Crippen LogP contribution in [0.4, 0.5) is 4.39 Å². The first-order chi connectivity index (χ1) is 13.1. The van der Waals surface area contributed by atoms with Crippen LogP contribution in [0, 0.1) is 5.82 Å². The van der Waals surface area contributed by atoms with Gasteiger partial charge in [0.25, 0.3) is 5.91 Å². The lowest BCUT2D eigenvalue weighted by Gasteiger charge is -2.21. The summed E-state index contributed by atoms with van der Waals surface area (Å²) in [4.78, 5) is 15.3. The summed E-state index contributed by atoms with van der Waals surface area (Å²) in [7, 11) is 3.66. The van der Waals surface area contributed by atoms with Gasteiger partial charge in [0, 0.05) is 35.8 Å². The number of hydrogen-bond donors (Lipinski definition) is 0. The molecule has 27 heavy (non-hydrogen) atoms. The summed E-state index contributed by atoms with van der Waals surface area (Å²) >= 11 is 0. The Morgan fingerprint density at radius 2 is 1.93 bits per heavy atom. The molecule has 5 heteroatoms. The summed E-state index contributed by atoms with van der Waals surface area (Å²) in [6.45, 7) is 1.80. The highest BCUT2D eigenvalue weighted by Crippen LogP contribution is 2.32. The number of rotatable bonds is 3. The third-order valence-electron chi connectivity index (χ3n) is 5.08. The standard InChI is InChI=1S/C22H21FN2O2/c1-24-11-9-15(10-12-24)20-14-25(21-8-5-17(23)13-19(20)21)22(26)16-3-6-18(27-2)7-4-16/h3-9,13-14H,10-12H2,1-2H3. The smallest absolute Gasteiger partial charge is 0.262 e. The molecule has 0 bridgehead atoms. The minimum atomic E-state index is -0.299. The molecule has 0 saturated heterocycles. The largest absolute Gasteiger partial charge is 0.497 e. The number of halogens is 1. The summed E-state index contributed by atoms with van der Waals surface area (Å²) in [5.41, 5.74) is 3.36. The number of carbonyl (C=O) groups excluding carboxylic acids is 1. The lowest BCUT2D eigenvalue weighted by Crippen LogP contribution is -2.23. The molecular weight excluding hydrogens is 343 g/mol. The van der Waals surface area contributed by atoms with Crippen LogP contribution in [-0.4, -0.2) is 42.6 Å². The summed E-state index contributed by atoms with van der Waals surface area (Å²) in [5.74, 6) is 0.254. The van der Waals surface area contributed by atoms with E-state index in [0.29, 0.717) is 16.8 Å². The highest BCUT2D eigenvalue weighted by Gasteiger charge is 2.19. The Hall–Kier alpha value is -2.92. The maximum absolute atomic E-state index is 13.9. The highest BCUT2D eigenvalue weighted by atomic mass is 19.1. The predicted molar refractivity (Wildman–Crippen MR) is 105 cm³/mol. The lowest BCUT2D eigenvalue weighted by atomic mass is 9.99. The topological polar surface area (TPSA) is 34.5 Å². The van der Waals surface area contributed by atoms with Crippen molar-refractivity contribution in [1.29, 1.82) is 0 Å². The van der Waals surface area contributed by atoms with Crippen molar-refractivity contribution < 1.29 is 13.9 Å². The van der Waals surface area contributed by atoms with E-state index in [-0.39, 0.29) is 11.7 Å². The zero-order valence-electron chi connectivity index (χ0n) is 15.4. The van der Waals surface area contributed by atoms with Gasteiger partial charge in [-0.2, -0.15) is 0 Å². The summed E-state index contributed by atoms with van der Waals surface area (Å²) in [5, 5.41) is 0.771. The molecule has 4 rings (SSSR count). The molecule has 0 fully saturated rings. The second-order valence-corrected chi connectivity index (χ2v) is 6.85. The number of nitrogens with zero attached hydrogens (tertiary/aromatic N) is 2. The van der Waals surface area contributed by atoms with Crippen molar-refractivity contribution >= 4 is 22.4 Å². The van der Waals surface area contributed by atoms with Crippen LogP contribution in [0.15, 0.2) is 54.7 Å². The highest BCUT2D eigenvalue weighted by molar-refractivity contribution is 6.05. The molecule has 138 valence electrons. The molecule has 0 saturated carbocycles. The predicted octanol–water partition coefficient (Wildman–Crippen LogP) is 4.20. The number of benzene rings is 2. The second kappa shape index (κ2) is 7.00. The van der Waals surface area contributed by atoms with E-state index in [4.69, 9.17) is 4.74 Å². The fourth-order valence-electron chi connectivity index (χ4n) is 3.51. The van der Waals surface area contributed by atoms with Gasteiger partial charge in [0.1, 0.15) is 11.6 Å². The molecule has 0 unspecified atom stereocenters. The van der Waals surface area contributed by atoms with Crippen LogP contribution in [0.1, 0.15) is 22.3 Å². The van der Waals surface area contributed by atoms with Gasteiger partial charge in [-0.05, 0) is 61.5 Å². The van der Waals surface area contributed by atoms with Gasteiger partial charge < -0.3 is 9.64 Å². The van der Waals surface area contributed by atoms with Crippen molar-refractivity contribution in [2.24, 2.45) is 0 Å². The fourth-order valence-corrected chi connectivity index (χ4v) is 3.51. The van der Waals surface area contributed by atoms with Crippen molar-refractivity contribution in [1.82, 2.24) is 9.47 Å². The third kappa shape index (κ3) is 3.26. The van der Waals surface area contributed by atoms with Crippen LogP contribution < -0.4 is 4.74 Å². The fraction of sp³-hybridized carbons (Fsp3) is 0.227. The Kier molecular flexibility index (Phi) is 4.54. The molecule has 0 N–H and O–H groups in total. The number of hydrogen-bond acceptors (Lipinski definition) is 3. The van der Waals surface area contributed by atoms with Gasteiger partial charge in [0.05, 0.1) is 12.6 Å². The third-order valence-corrected chi connectivity index (χ3v) is 5.08. The number of aromatic nitrogens is 1. The van der Waals surface area contributed by atoms with Gasteiger partial charge in [-0.25, -0.2) is 4.39 Å². The van der Waals surface area contributed by atoms with Crippen molar-refractivity contribution in [3.8, 4) is 5.75 Å². The van der Waals surface area contributed by atoms with Crippen LogP contribution in [0.3, 0.4) is 0 Å². The Morgan fingerprint density at radius 3 is 2.59 bits per heavy atom. The van der Waals surface area contributed by atoms with Gasteiger partial charge in [-0.15, -0.1) is 0 Å².